The maximum absolute atomic E-state index is 5.14. The van der Waals surface area contributed by atoms with E-state index in [0.29, 0.717) is 0 Å². The Bertz CT molecular complexity index is 255. The van der Waals surface area contributed by atoms with Gasteiger partial charge in [0.05, 0.1) is 7.11 Å². The third-order valence-electron chi connectivity index (χ3n) is 1.38. The Balaban J connectivity index is 3.02. The van der Waals surface area contributed by atoms with Crippen molar-refractivity contribution in [2.24, 2.45) is 0 Å². The van der Waals surface area contributed by atoms with Crippen LogP contribution in [0.15, 0.2) is 28.3 Å². The maximum atomic E-state index is 5.14. The van der Waals surface area contributed by atoms with E-state index in [0.717, 1.165) is 11.3 Å². The summed E-state index contributed by atoms with van der Waals surface area (Å²) in [6.45, 7) is 0. The van der Waals surface area contributed by atoms with E-state index in [1.807, 2.05) is 34.4 Å². The summed E-state index contributed by atoms with van der Waals surface area (Å²) in [7, 11) is 1.68. The van der Waals surface area contributed by atoms with Crippen molar-refractivity contribution in [2.45, 2.75) is 0 Å². The number of para-hydroxylation sites is 1. The molecule has 0 radical (unpaired) electrons. The summed E-state index contributed by atoms with van der Waals surface area (Å²) in [6.07, 6.45) is 2.01. The first kappa shape index (κ1) is 8.59. The molecule has 0 aliphatic carbocycles. The van der Waals surface area contributed by atoms with Crippen molar-refractivity contribution in [3.63, 3.8) is 0 Å². The number of benzene rings is 1. The summed E-state index contributed by atoms with van der Waals surface area (Å²) in [6, 6.07) is 7.93. The van der Waals surface area contributed by atoms with Crippen LogP contribution in [0, 0.1) is 0 Å². The van der Waals surface area contributed by atoms with Crippen LogP contribution < -0.4 is 4.74 Å². The normalized spacial score (nSPS) is 10.4. The van der Waals surface area contributed by atoms with Crippen molar-refractivity contribution in [1.82, 2.24) is 0 Å². The molecule has 0 unspecified atom stereocenters. The van der Waals surface area contributed by atoms with Gasteiger partial charge in [0, 0.05) is 5.56 Å². The Morgan fingerprint density at radius 1 is 1.36 bits per heavy atom. The Morgan fingerprint density at radius 2 is 2.09 bits per heavy atom. The van der Waals surface area contributed by atoms with E-state index < -0.39 is 0 Å². The van der Waals surface area contributed by atoms with Gasteiger partial charge in [-0.2, -0.15) is 0 Å². The molecule has 0 N–H and O–H groups in total. The second-order valence-electron chi connectivity index (χ2n) is 2.03. The van der Waals surface area contributed by atoms with E-state index >= 15 is 0 Å². The molecule has 2 heteroatoms. The molecule has 0 saturated heterocycles. The minimum Gasteiger partial charge on any atom is -0.496 e. The number of rotatable bonds is 2. The molecule has 1 aromatic carbocycles. The van der Waals surface area contributed by atoms with Crippen molar-refractivity contribution >= 4 is 28.7 Å². The molecule has 0 fully saturated rings. The Kier molecular flexibility index (Phi) is 3.42. The molecule has 0 spiro atoms. The number of methoxy groups -OCH3 is 1. The quantitative estimate of drug-likeness (QED) is 0.742. The Hall–Kier alpha value is -0.510. The second kappa shape index (κ2) is 4.38. The average Bonchev–Trinajstić information content (AvgIpc) is 2.06. The van der Waals surface area contributed by atoms with Gasteiger partial charge in [-0.1, -0.05) is 40.8 Å². The molecule has 1 aromatic rings. The lowest BCUT2D eigenvalue weighted by atomic mass is 10.2. The molecule has 11 heavy (non-hydrogen) atoms. The maximum Gasteiger partial charge on any atom is 0.126 e. The van der Waals surface area contributed by atoms with Crippen molar-refractivity contribution in [1.29, 1.82) is 0 Å². The SMILES string of the molecule is COc1ccccc1/C=C\I. The van der Waals surface area contributed by atoms with Crippen LogP contribution in [0.1, 0.15) is 5.56 Å². The highest BCUT2D eigenvalue weighted by atomic mass is 127. The summed E-state index contributed by atoms with van der Waals surface area (Å²) in [5, 5.41) is 0. The predicted molar refractivity (Wildman–Crippen MR) is 56.0 cm³/mol. The second-order valence-corrected chi connectivity index (χ2v) is 2.75. The highest BCUT2D eigenvalue weighted by Gasteiger charge is 1.94. The molecule has 1 nitrogen and oxygen atoms in total. The van der Waals surface area contributed by atoms with Crippen LogP contribution in [0.25, 0.3) is 6.08 Å². The monoisotopic (exact) mass is 260 g/mol. The highest BCUT2D eigenvalue weighted by Crippen LogP contribution is 2.18. The summed E-state index contributed by atoms with van der Waals surface area (Å²) in [5.74, 6) is 0.917. The molecule has 0 aliphatic heterocycles. The first-order valence-corrected chi connectivity index (χ1v) is 4.53. The van der Waals surface area contributed by atoms with Crippen molar-refractivity contribution < 1.29 is 4.74 Å². The van der Waals surface area contributed by atoms with Gasteiger partial charge in [-0.05, 0) is 16.2 Å². The van der Waals surface area contributed by atoms with Crippen LogP contribution >= 0.6 is 22.6 Å². The summed E-state index contributed by atoms with van der Waals surface area (Å²) >= 11 is 2.19. The number of halogens is 1. The van der Waals surface area contributed by atoms with Gasteiger partial charge >= 0.3 is 0 Å². The fourth-order valence-corrected chi connectivity index (χ4v) is 1.26. The summed E-state index contributed by atoms with van der Waals surface area (Å²) < 4.78 is 7.11. The number of hydrogen-bond acceptors (Lipinski definition) is 1. The molecule has 0 aromatic heterocycles. The van der Waals surface area contributed by atoms with Gasteiger partial charge in [0.25, 0.3) is 0 Å². The lowest BCUT2D eigenvalue weighted by molar-refractivity contribution is 0.414. The molecule has 0 atom stereocenters. The van der Waals surface area contributed by atoms with E-state index in [4.69, 9.17) is 4.74 Å². The molecule has 58 valence electrons. The van der Waals surface area contributed by atoms with Gasteiger partial charge in [-0.25, -0.2) is 0 Å². The summed E-state index contributed by atoms with van der Waals surface area (Å²) in [5.41, 5.74) is 1.12. The molecule has 0 amide bonds. The minimum absolute atomic E-state index is 0.917. The molecule has 0 aliphatic rings. The molecule has 0 bridgehead atoms. The van der Waals surface area contributed by atoms with Crippen LogP contribution in [0.4, 0.5) is 0 Å². The van der Waals surface area contributed by atoms with Gasteiger partial charge in [0.1, 0.15) is 5.75 Å². The van der Waals surface area contributed by atoms with Crippen LogP contribution in [-0.4, -0.2) is 7.11 Å². The van der Waals surface area contributed by atoms with Crippen LogP contribution in [-0.2, 0) is 0 Å². The smallest absolute Gasteiger partial charge is 0.126 e. The van der Waals surface area contributed by atoms with E-state index in [-0.39, 0.29) is 0 Å². The number of ether oxygens (including phenoxy) is 1. The Labute approximate surface area is 80.2 Å². The van der Waals surface area contributed by atoms with Crippen LogP contribution in [0.3, 0.4) is 0 Å². The van der Waals surface area contributed by atoms with Gasteiger partial charge in [-0.15, -0.1) is 0 Å². The largest absolute Gasteiger partial charge is 0.496 e. The lowest BCUT2D eigenvalue weighted by Gasteiger charge is -2.01. The van der Waals surface area contributed by atoms with Crippen molar-refractivity contribution in [3.8, 4) is 5.75 Å². The van der Waals surface area contributed by atoms with Gasteiger partial charge < -0.3 is 4.74 Å². The average molecular weight is 260 g/mol. The fraction of sp³-hybridized carbons (Fsp3) is 0.111. The molecule has 0 saturated carbocycles. The van der Waals surface area contributed by atoms with Crippen molar-refractivity contribution in [3.05, 3.63) is 33.9 Å². The zero-order chi connectivity index (χ0) is 8.10. The molecule has 1 rings (SSSR count). The third-order valence-corrected chi connectivity index (χ3v) is 1.74. The first-order chi connectivity index (χ1) is 5.38. The lowest BCUT2D eigenvalue weighted by Crippen LogP contribution is -1.84. The molecular weight excluding hydrogens is 251 g/mol. The van der Waals surface area contributed by atoms with Gasteiger partial charge in [-0.3, -0.25) is 0 Å². The van der Waals surface area contributed by atoms with E-state index in [9.17, 15) is 0 Å². The summed E-state index contributed by atoms with van der Waals surface area (Å²) in [4.78, 5) is 0. The third kappa shape index (κ3) is 2.22. The van der Waals surface area contributed by atoms with E-state index in [1.165, 1.54) is 0 Å². The zero-order valence-electron chi connectivity index (χ0n) is 6.25. The van der Waals surface area contributed by atoms with E-state index in [1.54, 1.807) is 7.11 Å². The first-order valence-electron chi connectivity index (χ1n) is 3.28. The van der Waals surface area contributed by atoms with E-state index in [2.05, 4.69) is 22.6 Å². The molecule has 0 heterocycles. The molecular formula is C9H9IO. The number of hydrogen-bond donors (Lipinski definition) is 0. The van der Waals surface area contributed by atoms with Crippen molar-refractivity contribution in [2.75, 3.05) is 7.11 Å². The van der Waals surface area contributed by atoms with Gasteiger partial charge in [0.15, 0.2) is 0 Å². The fourth-order valence-electron chi connectivity index (χ4n) is 0.872. The van der Waals surface area contributed by atoms with Gasteiger partial charge in [0.2, 0.25) is 0 Å². The highest BCUT2D eigenvalue weighted by molar-refractivity contribution is 14.1. The minimum atomic E-state index is 0.917. The topological polar surface area (TPSA) is 9.23 Å². The zero-order valence-corrected chi connectivity index (χ0v) is 8.41. The predicted octanol–water partition coefficient (Wildman–Crippen LogP) is 3.10. The Morgan fingerprint density at radius 3 is 2.73 bits per heavy atom. The van der Waals surface area contributed by atoms with Crippen LogP contribution in [0.5, 0.6) is 5.75 Å². The van der Waals surface area contributed by atoms with Crippen LogP contribution in [0.2, 0.25) is 0 Å². The standard InChI is InChI=1S/C9H9IO/c1-11-9-5-3-2-4-8(9)6-7-10/h2-7H,1H3/b7-6-.